The van der Waals surface area contributed by atoms with E-state index in [-0.39, 0.29) is 0 Å². The third-order valence-electron chi connectivity index (χ3n) is 1.58. The minimum atomic E-state index is 0.765. The fraction of sp³-hybridized carbons (Fsp3) is 0.375. The van der Waals surface area contributed by atoms with Gasteiger partial charge in [-0.25, -0.2) is 15.0 Å². The van der Waals surface area contributed by atoms with Gasteiger partial charge in [0.15, 0.2) is 5.82 Å². The third kappa shape index (κ3) is 1.58. The molecule has 1 aromatic rings. The summed E-state index contributed by atoms with van der Waals surface area (Å²) in [6.45, 7) is 8.17. The van der Waals surface area contributed by atoms with Crippen molar-refractivity contribution in [2.45, 2.75) is 13.8 Å². The molecule has 1 heterocycles. The van der Waals surface area contributed by atoms with E-state index in [4.69, 9.17) is 0 Å². The van der Waals surface area contributed by atoms with Crippen LogP contribution in [0.4, 0.5) is 5.82 Å². The molecule has 0 saturated heterocycles. The fourth-order valence-corrected chi connectivity index (χ4v) is 0.980. The van der Waals surface area contributed by atoms with E-state index in [0.29, 0.717) is 0 Å². The molecule has 0 amide bonds. The highest BCUT2D eigenvalue weighted by atomic mass is 15.5. The zero-order chi connectivity index (χ0) is 8.97. The summed E-state index contributed by atoms with van der Waals surface area (Å²) in [6.07, 6.45) is 3.27. The molecular formula is C8H12N4. The Morgan fingerprint density at radius 1 is 1.67 bits per heavy atom. The van der Waals surface area contributed by atoms with Crippen LogP contribution in [0.1, 0.15) is 12.5 Å². The van der Waals surface area contributed by atoms with Crippen LogP contribution < -0.4 is 5.01 Å². The summed E-state index contributed by atoms with van der Waals surface area (Å²) in [7, 11) is 0. The molecule has 0 spiro atoms. The number of anilines is 1. The van der Waals surface area contributed by atoms with Crippen LogP contribution in [0, 0.1) is 6.92 Å². The first-order valence-corrected chi connectivity index (χ1v) is 3.80. The first-order chi connectivity index (χ1) is 5.79. The summed E-state index contributed by atoms with van der Waals surface area (Å²) in [6, 6.07) is 0. The molecule has 0 bridgehead atoms. The van der Waals surface area contributed by atoms with E-state index < -0.39 is 0 Å². The molecule has 0 saturated carbocycles. The van der Waals surface area contributed by atoms with Crippen LogP contribution in [0.5, 0.6) is 0 Å². The number of hydrogen-bond donors (Lipinski definition) is 0. The van der Waals surface area contributed by atoms with E-state index in [9.17, 15) is 0 Å². The molecule has 1 aromatic heterocycles. The number of nitrogens with zero attached hydrogens (tertiary/aromatic N) is 4. The van der Waals surface area contributed by atoms with E-state index in [1.165, 1.54) is 6.33 Å². The average molecular weight is 164 g/mol. The Morgan fingerprint density at radius 2 is 2.42 bits per heavy atom. The molecule has 0 aliphatic carbocycles. The smallest absolute Gasteiger partial charge is 0.155 e. The minimum Gasteiger partial charge on any atom is -0.248 e. The van der Waals surface area contributed by atoms with Crippen molar-refractivity contribution in [3.8, 4) is 0 Å². The molecular weight excluding hydrogens is 152 g/mol. The van der Waals surface area contributed by atoms with Crippen LogP contribution in [0.2, 0.25) is 0 Å². The van der Waals surface area contributed by atoms with Gasteiger partial charge in [0.1, 0.15) is 6.33 Å². The van der Waals surface area contributed by atoms with Gasteiger partial charge < -0.3 is 0 Å². The second kappa shape index (κ2) is 3.80. The lowest BCUT2D eigenvalue weighted by Gasteiger charge is -2.15. The van der Waals surface area contributed by atoms with Crippen LogP contribution in [-0.2, 0) is 0 Å². The summed E-state index contributed by atoms with van der Waals surface area (Å²) in [5.74, 6) is 0.822. The Bertz CT molecular complexity index is 272. The molecule has 12 heavy (non-hydrogen) atoms. The van der Waals surface area contributed by atoms with Crippen molar-refractivity contribution in [3.05, 3.63) is 18.1 Å². The highest BCUT2D eigenvalue weighted by molar-refractivity contribution is 5.45. The Kier molecular flexibility index (Phi) is 2.74. The molecule has 0 fully saturated rings. The predicted molar refractivity (Wildman–Crippen MR) is 49.3 cm³/mol. The molecule has 0 aromatic carbocycles. The maximum atomic E-state index is 4.10. The lowest BCUT2D eigenvalue weighted by Crippen LogP contribution is -2.17. The highest BCUT2D eigenvalue weighted by Gasteiger charge is 2.05. The predicted octanol–water partition coefficient (Wildman–Crippen LogP) is 1.23. The number of hydrogen-bond acceptors (Lipinski definition) is 4. The van der Waals surface area contributed by atoms with Crippen molar-refractivity contribution in [3.63, 3.8) is 0 Å². The summed E-state index contributed by atoms with van der Waals surface area (Å²) >= 11 is 0. The molecule has 64 valence electrons. The van der Waals surface area contributed by atoms with Crippen molar-refractivity contribution in [2.24, 2.45) is 5.10 Å². The topological polar surface area (TPSA) is 41.4 Å². The first-order valence-electron chi connectivity index (χ1n) is 3.80. The third-order valence-corrected chi connectivity index (χ3v) is 1.58. The molecule has 4 nitrogen and oxygen atoms in total. The van der Waals surface area contributed by atoms with Crippen molar-refractivity contribution >= 4 is 12.5 Å². The van der Waals surface area contributed by atoms with Gasteiger partial charge in [-0.15, -0.1) is 0 Å². The Morgan fingerprint density at radius 3 is 2.92 bits per heavy atom. The van der Waals surface area contributed by atoms with Gasteiger partial charge in [0, 0.05) is 25.0 Å². The molecule has 0 N–H and O–H groups in total. The average Bonchev–Trinajstić information content (AvgIpc) is 2.10. The summed E-state index contributed by atoms with van der Waals surface area (Å²) in [4.78, 5) is 8.00. The Hall–Kier alpha value is -1.45. The van der Waals surface area contributed by atoms with Gasteiger partial charge in [-0.3, -0.25) is 0 Å². The van der Waals surface area contributed by atoms with Crippen LogP contribution in [-0.4, -0.2) is 23.2 Å². The van der Waals surface area contributed by atoms with Gasteiger partial charge in [-0.05, 0) is 13.8 Å². The Balaban J connectivity index is 3.00. The van der Waals surface area contributed by atoms with E-state index in [2.05, 4.69) is 21.8 Å². The first kappa shape index (κ1) is 8.64. The number of rotatable bonds is 3. The standard InChI is InChI=1S/C8H12N4/c1-4-12(9-3)8-7(2)5-10-6-11-8/h5-6H,3-4H2,1-2H3. The number of hydrazone groups is 1. The summed E-state index contributed by atoms with van der Waals surface area (Å²) in [5.41, 5.74) is 1.01. The lowest BCUT2D eigenvalue weighted by atomic mass is 10.3. The van der Waals surface area contributed by atoms with Crippen LogP contribution >= 0.6 is 0 Å². The van der Waals surface area contributed by atoms with E-state index in [0.717, 1.165) is 17.9 Å². The molecule has 0 unspecified atom stereocenters. The van der Waals surface area contributed by atoms with Crippen molar-refractivity contribution < 1.29 is 0 Å². The highest BCUT2D eigenvalue weighted by Crippen LogP contribution is 2.13. The van der Waals surface area contributed by atoms with Gasteiger partial charge in [0.2, 0.25) is 0 Å². The normalized spacial score (nSPS) is 9.50. The second-order valence-electron chi connectivity index (χ2n) is 2.39. The van der Waals surface area contributed by atoms with E-state index >= 15 is 0 Å². The van der Waals surface area contributed by atoms with Gasteiger partial charge in [-0.2, -0.15) is 5.10 Å². The molecule has 0 aliphatic rings. The van der Waals surface area contributed by atoms with Gasteiger partial charge in [0.05, 0.1) is 0 Å². The van der Waals surface area contributed by atoms with Crippen LogP contribution in [0.15, 0.2) is 17.6 Å². The number of aryl methyl sites for hydroxylation is 1. The number of aromatic nitrogens is 2. The van der Waals surface area contributed by atoms with Gasteiger partial charge >= 0.3 is 0 Å². The van der Waals surface area contributed by atoms with Crippen LogP contribution in [0.25, 0.3) is 0 Å². The SMILES string of the molecule is C=NN(CC)c1ncncc1C. The monoisotopic (exact) mass is 164 g/mol. The Labute approximate surface area is 72.0 Å². The van der Waals surface area contributed by atoms with Gasteiger partial charge in [-0.1, -0.05) is 0 Å². The zero-order valence-electron chi connectivity index (χ0n) is 7.36. The molecule has 0 atom stereocenters. The zero-order valence-corrected chi connectivity index (χ0v) is 7.36. The van der Waals surface area contributed by atoms with E-state index in [1.807, 2.05) is 13.8 Å². The van der Waals surface area contributed by atoms with E-state index in [1.54, 1.807) is 11.2 Å². The minimum absolute atomic E-state index is 0.765. The molecule has 1 rings (SSSR count). The maximum Gasteiger partial charge on any atom is 0.155 e. The van der Waals surface area contributed by atoms with Crippen LogP contribution in [0.3, 0.4) is 0 Å². The maximum absolute atomic E-state index is 4.10. The van der Waals surface area contributed by atoms with Gasteiger partial charge in [0.25, 0.3) is 0 Å². The summed E-state index contributed by atoms with van der Waals surface area (Å²) in [5, 5.41) is 5.56. The fourth-order valence-electron chi connectivity index (χ4n) is 0.980. The second-order valence-corrected chi connectivity index (χ2v) is 2.39. The molecule has 0 aliphatic heterocycles. The molecule has 0 radical (unpaired) electrons. The quantitative estimate of drug-likeness (QED) is 0.498. The summed E-state index contributed by atoms with van der Waals surface area (Å²) < 4.78 is 0. The van der Waals surface area contributed by atoms with Crippen molar-refractivity contribution in [2.75, 3.05) is 11.6 Å². The van der Waals surface area contributed by atoms with Crippen molar-refractivity contribution in [1.29, 1.82) is 0 Å². The lowest BCUT2D eigenvalue weighted by molar-refractivity contribution is 0.862. The molecule has 4 heteroatoms. The largest absolute Gasteiger partial charge is 0.248 e. The van der Waals surface area contributed by atoms with Crippen molar-refractivity contribution in [1.82, 2.24) is 9.97 Å².